The maximum atomic E-state index is 10.1. The predicted molar refractivity (Wildman–Crippen MR) is 72.0 cm³/mol. The van der Waals surface area contributed by atoms with E-state index < -0.39 is 5.97 Å². The van der Waals surface area contributed by atoms with E-state index in [0.717, 1.165) is 26.1 Å². The van der Waals surface area contributed by atoms with Gasteiger partial charge in [-0.05, 0) is 25.8 Å². The predicted octanol–water partition coefficient (Wildman–Crippen LogP) is 1.29. The van der Waals surface area contributed by atoms with Crippen LogP contribution in [0.1, 0.15) is 32.6 Å². The van der Waals surface area contributed by atoms with Crippen molar-refractivity contribution in [3.05, 3.63) is 12.4 Å². The molecule has 2 aliphatic heterocycles. The molecule has 0 saturated carbocycles. The summed E-state index contributed by atoms with van der Waals surface area (Å²) in [7, 11) is 2.10. The molecule has 2 heterocycles. The first-order chi connectivity index (χ1) is 8.63. The second-order valence-corrected chi connectivity index (χ2v) is 4.85. The van der Waals surface area contributed by atoms with Crippen LogP contribution in [0.2, 0.25) is 0 Å². The lowest BCUT2D eigenvalue weighted by atomic mass is 10.2. The van der Waals surface area contributed by atoms with Gasteiger partial charge in [0.1, 0.15) is 6.04 Å². The van der Waals surface area contributed by atoms with Gasteiger partial charge in [-0.3, -0.25) is 4.79 Å². The molecule has 0 bridgehead atoms. The van der Waals surface area contributed by atoms with Gasteiger partial charge in [-0.1, -0.05) is 13.3 Å². The maximum absolute atomic E-state index is 10.1. The topological polar surface area (TPSA) is 55.8 Å². The van der Waals surface area contributed by atoms with Gasteiger partial charge in [-0.2, -0.15) is 0 Å². The molecule has 5 heteroatoms. The SMILES string of the molecule is CCCCN1C=CN(C)C1.O=C(O)[C@@H]1CCCN1. The van der Waals surface area contributed by atoms with E-state index in [1.54, 1.807) is 0 Å². The standard InChI is InChI=1S/C8H16N2.C5H9NO2/c1-3-4-5-10-7-6-9(2)8-10;7-5(8)4-2-1-3-6-4/h6-7H,3-5,8H2,1-2H3;4,6H,1-3H2,(H,7,8)/t;4-/m.0/s1. The molecule has 0 aromatic heterocycles. The van der Waals surface area contributed by atoms with Crippen molar-refractivity contribution < 1.29 is 9.90 Å². The van der Waals surface area contributed by atoms with Crippen molar-refractivity contribution in [1.82, 2.24) is 15.1 Å². The number of aliphatic carboxylic acids is 1. The van der Waals surface area contributed by atoms with Crippen LogP contribution in [0.15, 0.2) is 12.4 Å². The smallest absolute Gasteiger partial charge is 0.320 e. The average molecular weight is 255 g/mol. The molecule has 2 aliphatic rings. The molecule has 18 heavy (non-hydrogen) atoms. The highest BCUT2D eigenvalue weighted by molar-refractivity contribution is 5.73. The van der Waals surface area contributed by atoms with Crippen LogP contribution >= 0.6 is 0 Å². The second kappa shape index (κ2) is 7.97. The fourth-order valence-electron chi connectivity index (χ4n) is 1.99. The molecule has 1 fully saturated rings. The van der Waals surface area contributed by atoms with Crippen molar-refractivity contribution in [2.75, 3.05) is 26.8 Å². The Balaban J connectivity index is 0.000000184. The van der Waals surface area contributed by atoms with E-state index in [1.165, 1.54) is 19.4 Å². The highest BCUT2D eigenvalue weighted by Gasteiger charge is 2.20. The van der Waals surface area contributed by atoms with Crippen LogP contribution in [-0.4, -0.2) is 53.7 Å². The van der Waals surface area contributed by atoms with E-state index in [-0.39, 0.29) is 6.04 Å². The van der Waals surface area contributed by atoms with Gasteiger partial charge in [0.15, 0.2) is 0 Å². The highest BCUT2D eigenvalue weighted by atomic mass is 16.4. The van der Waals surface area contributed by atoms with Gasteiger partial charge in [0.2, 0.25) is 0 Å². The van der Waals surface area contributed by atoms with E-state index in [0.29, 0.717) is 0 Å². The number of carbonyl (C=O) groups is 1. The molecule has 0 aromatic rings. The molecular formula is C13H25N3O2. The minimum absolute atomic E-state index is 0.269. The number of carboxylic acid groups (broad SMARTS) is 1. The van der Waals surface area contributed by atoms with E-state index >= 15 is 0 Å². The van der Waals surface area contributed by atoms with Gasteiger partial charge >= 0.3 is 5.97 Å². The van der Waals surface area contributed by atoms with Crippen LogP contribution in [0.4, 0.5) is 0 Å². The number of rotatable bonds is 4. The van der Waals surface area contributed by atoms with Crippen LogP contribution in [0, 0.1) is 0 Å². The number of hydrogen-bond donors (Lipinski definition) is 2. The summed E-state index contributed by atoms with van der Waals surface area (Å²) in [5.74, 6) is -0.720. The summed E-state index contributed by atoms with van der Waals surface area (Å²) in [5, 5.41) is 11.2. The molecule has 2 N–H and O–H groups in total. The minimum atomic E-state index is -0.720. The summed E-state index contributed by atoms with van der Waals surface area (Å²) in [5.41, 5.74) is 0. The maximum Gasteiger partial charge on any atom is 0.320 e. The Morgan fingerprint density at radius 3 is 2.67 bits per heavy atom. The number of nitrogens with zero attached hydrogens (tertiary/aromatic N) is 2. The second-order valence-electron chi connectivity index (χ2n) is 4.85. The molecule has 0 unspecified atom stereocenters. The lowest BCUT2D eigenvalue weighted by Gasteiger charge is -2.17. The van der Waals surface area contributed by atoms with Crippen LogP contribution in [-0.2, 0) is 4.79 Å². The lowest BCUT2D eigenvalue weighted by molar-refractivity contribution is -0.139. The van der Waals surface area contributed by atoms with E-state index in [1.807, 2.05) is 0 Å². The van der Waals surface area contributed by atoms with Gasteiger partial charge in [0.25, 0.3) is 0 Å². The highest BCUT2D eigenvalue weighted by Crippen LogP contribution is 2.04. The summed E-state index contributed by atoms with van der Waals surface area (Å²) < 4.78 is 0. The number of hydrogen-bond acceptors (Lipinski definition) is 4. The van der Waals surface area contributed by atoms with Crippen LogP contribution < -0.4 is 5.32 Å². The Bertz CT molecular complexity index is 275. The molecule has 5 nitrogen and oxygen atoms in total. The van der Waals surface area contributed by atoms with Gasteiger partial charge < -0.3 is 20.2 Å². The first kappa shape index (κ1) is 14.8. The quantitative estimate of drug-likeness (QED) is 0.792. The third kappa shape index (κ3) is 5.40. The first-order valence-corrected chi connectivity index (χ1v) is 6.72. The normalized spacial score (nSPS) is 22.0. The zero-order valence-corrected chi connectivity index (χ0v) is 11.4. The molecule has 0 spiro atoms. The van der Waals surface area contributed by atoms with E-state index in [9.17, 15) is 4.79 Å². The van der Waals surface area contributed by atoms with Crippen molar-refractivity contribution in [3.63, 3.8) is 0 Å². The van der Waals surface area contributed by atoms with Gasteiger partial charge in [-0.25, -0.2) is 0 Å². The molecule has 0 aliphatic carbocycles. The zero-order chi connectivity index (χ0) is 13.4. The van der Waals surface area contributed by atoms with E-state index in [4.69, 9.17) is 5.11 Å². The fourth-order valence-corrected chi connectivity index (χ4v) is 1.99. The van der Waals surface area contributed by atoms with Crippen LogP contribution in [0.5, 0.6) is 0 Å². The molecule has 0 aromatic carbocycles. The Morgan fingerprint density at radius 1 is 1.50 bits per heavy atom. The molecular weight excluding hydrogens is 230 g/mol. The summed E-state index contributed by atoms with van der Waals surface area (Å²) >= 11 is 0. The molecule has 1 atom stereocenters. The van der Waals surface area contributed by atoms with Gasteiger partial charge in [0, 0.05) is 26.0 Å². The Labute approximate surface area is 109 Å². The number of carboxylic acids is 1. The van der Waals surface area contributed by atoms with Crippen molar-refractivity contribution in [2.24, 2.45) is 0 Å². The summed E-state index contributed by atoms with van der Waals surface area (Å²) in [6, 6.07) is -0.269. The molecule has 0 radical (unpaired) electrons. The summed E-state index contributed by atoms with van der Waals surface area (Å²) in [6.07, 6.45) is 8.66. The Kier molecular flexibility index (Phi) is 6.57. The summed E-state index contributed by atoms with van der Waals surface area (Å²) in [6.45, 7) is 5.36. The third-order valence-corrected chi connectivity index (χ3v) is 3.09. The summed E-state index contributed by atoms with van der Waals surface area (Å²) in [4.78, 5) is 14.7. The van der Waals surface area contributed by atoms with Crippen molar-refractivity contribution in [2.45, 2.75) is 38.6 Å². The molecule has 1 saturated heterocycles. The molecule has 2 rings (SSSR count). The fraction of sp³-hybridized carbons (Fsp3) is 0.769. The number of unbranched alkanes of at least 4 members (excludes halogenated alkanes) is 1. The third-order valence-electron chi connectivity index (χ3n) is 3.09. The molecule has 104 valence electrons. The van der Waals surface area contributed by atoms with Crippen molar-refractivity contribution >= 4 is 5.97 Å². The number of nitrogens with one attached hydrogen (secondary N) is 1. The Morgan fingerprint density at radius 2 is 2.28 bits per heavy atom. The first-order valence-electron chi connectivity index (χ1n) is 6.72. The Hall–Kier alpha value is -1.23. The van der Waals surface area contributed by atoms with Crippen molar-refractivity contribution in [3.8, 4) is 0 Å². The minimum Gasteiger partial charge on any atom is -0.480 e. The van der Waals surface area contributed by atoms with Crippen LogP contribution in [0.25, 0.3) is 0 Å². The van der Waals surface area contributed by atoms with Gasteiger partial charge in [-0.15, -0.1) is 0 Å². The molecule has 0 amide bonds. The average Bonchev–Trinajstić information content (AvgIpc) is 2.98. The van der Waals surface area contributed by atoms with Gasteiger partial charge in [0.05, 0.1) is 6.67 Å². The lowest BCUT2D eigenvalue weighted by Crippen LogP contribution is -2.29. The van der Waals surface area contributed by atoms with Crippen molar-refractivity contribution in [1.29, 1.82) is 0 Å². The monoisotopic (exact) mass is 255 g/mol. The van der Waals surface area contributed by atoms with E-state index in [2.05, 4.69) is 41.5 Å². The largest absolute Gasteiger partial charge is 0.480 e. The van der Waals surface area contributed by atoms with Crippen LogP contribution in [0.3, 0.4) is 0 Å². The zero-order valence-electron chi connectivity index (χ0n) is 11.4.